The highest BCUT2D eigenvalue weighted by Crippen LogP contribution is 2.17. The van der Waals surface area contributed by atoms with Crippen LogP contribution in [0.2, 0.25) is 0 Å². The minimum absolute atomic E-state index is 0.0388. The number of nitrogens with one attached hydrogen (secondary N) is 1. The van der Waals surface area contributed by atoms with Crippen LogP contribution in [0.4, 0.5) is 14.5 Å². The van der Waals surface area contributed by atoms with Gasteiger partial charge in [0.2, 0.25) is 5.91 Å². The lowest BCUT2D eigenvalue weighted by Crippen LogP contribution is -2.50. The molecule has 1 heterocycles. The quantitative estimate of drug-likeness (QED) is 0.853. The molecule has 2 amide bonds. The number of amides is 2. The van der Waals surface area contributed by atoms with Gasteiger partial charge < -0.3 is 15.0 Å². The number of benzene rings is 2. The van der Waals surface area contributed by atoms with Crippen LogP contribution in [-0.2, 0) is 4.79 Å². The fourth-order valence-corrected chi connectivity index (χ4v) is 3.03. The Bertz CT molecular complexity index is 868. The molecule has 0 spiro atoms. The fraction of sp³-hybridized carbons (Fsp3) is 0.300. The third-order valence-electron chi connectivity index (χ3n) is 4.55. The second-order valence-electron chi connectivity index (χ2n) is 6.47. The molecule has 1 fully saturated rings. The Balaban J connectivity index is 1.51. The average Bonchev–Trinajstić information content (AvgIpc) is 2.71. The molecule has 0 aromatic heterocycles. The molecule has 0 unspecified atom stereocenters. The van der Waals surface area contributed by atoms with E-state index < -0.39 is 17.5 Å². The van der Waals surface area contributed by atoms with Gasteiger partial charge in [0.1, 0.15) is 17.4 Å². The molecule has 1 aliphatic heterocycles. The number of nitrogens with zero attached hydrogens (tertiary/aromatic N) is 2. The summed E-state index contributed by atoms with van der Waals surface area (Å²) in [4.78, 5) is 28.3. The van der Waals surface area contributed by atoms with Crippen molar-refractivity contribution in [2.45, 2.75) is 0 Å². The number of hydrogen-bond acceptors (Lipinski definition) is 4. The second kappa shape index (κ2) is 8.79. The predicted octanol–water partition coefficient (Wildman–Crippen LogP) is 2.37. The van der Waals surface area contributed by atoms with Gasteiger partial charge in [0.25, 0.3) is 5.91 Å². The first-order valence-corrected chi connectivity index (χ1v) is 8.87. The number of halogens is 2. The molecule has 8 heteroatoms. The van der Waals surface area contributed by atoms with E-state index in [9.17, 15) is 18.4 Å². The van der Waals surface area contributed by atoms with Gasteiger partial charge in [-0.15, -0.1) is 0 Å². The standard InChI is InChI=1S/C20H21F2N3O3/c1-28-16-4-2-3-14(11-16)20(27)25-9-7-24(8-10-25)13-19(26)23-18-12-15(21)5-6-17(18)22/h2-6,11-12H,7-10,13H2,1H3,(H,23,26). The van der Waals surface area contributed by atoms with Crippen LogP contribution < -0.4 is 10.1 Å². The molecular formula is C20H21F2N3O3. The lowest BCUT2D eigenvalue weighted by molar-refractivity contribution is -0.117. The van der Waals surface area contributed by atoms with E-state index in [0.29, 0.717) is 37.5 Å². The van der Waals surface area contributed by atoms with E-state index in [1.807, 2.05) is 4.90 Å². The van der Waals surface area contributed by atoms with Gasteiger partial charge in [-0.1, -0.05) is 6.07 Å². The maximum absolute atomic E-state index is 13.6. The van der Waals surface area contributed by atoms with Crippen LogP contribution in [0.1, 0.15) is 10.4 Å². The van der Waals surface area contributed by atoms with E-state index in [1.54, 1.807) is 36.3 Å². The van der Waals surface area contributed by atoms with Gasteiger partial charge in [0.15, 0.2) is 0 Å². The van der Waals surface area contributed by atoms with Gasteiger partial charge in [-0.05, 0) is 30.3 Å². The van der Waals surface area contributed by atoms with Crippen LogP contribution >= 0.6 is 0 Å². The van der Waals surface area contributed by atoms with Crippen LogP contribution in [0.5, 0.6) is 5.75 Å². The normalized spacial score (nSPS) is 14.6. The monoisotopic (exact) mass is 389 g/mol. The van der Waals surface area contributed by atoms with Crippen molar-refractivity contribution in [1.29, 1.82) is 0 Å². The zero-order valence-corrected chi connectivity index (χ0v) is 15.5. The minimum Gasteiger partial charge on any atom is -0.497 e. The van der Waals surface area contributed by atoms with Crippen LogP contribution in [-0.4, -0.2) is 61.4 Å². The van der Waals surface area contributed by atoms with E-state index in [0.717, 1.165) is 18.2 Å². The number of ether oxygens (including phenoxy) is 1. The van der Waals surface area contributed by atoms with Crippen molar-refractivity contribution >= 4 is 17.5 Å². The highest BCUT2D eigenvalue weighted by molar-refractivity contribution is 5.95. The Hall–Kier alpha value is -3.00. The molecule has 1 aliphatic rings. The van der Waals surface area contributed by atoms with E-state index in [2.05, 4.69) is 5.32 Å². The molecule has 0 bridgehead atoms. The highest BCUT2D eigenvalue weighted by Gasteiger charge is 2.23. The molecule has 2 aromatic rings. The maximum atomic E-state index is 13.6. The first-order chi connectivity index (χ1) is 13.5. The Kier molecular flexibility index (Phi) is 6.20. The van der Waals surface area contributed by atoms with Gasteiger partial charge in [0.05, 0.1) is 19.3 Å². The topological polar surface area (TPSA) is 61.9 Å². The molecule has 6 nitrogen and oxygen atoms in total. The number of rotatable bonds is 5. The van der Waals surface area contributed by atoms with Crippen molar-refractivity contribution in [2.75, 3.05) is 45.2 Å². The van der Waals surface area contributed by atoms with Gasteiger partial charge in [-0.25, -0.2) is 8.78 Å². The smallest absolute Gasteiger partial charge is 0.254 e. The number of carbonyl (C=O) groups is 2. The summed E-state index contributed by atoms with van der Waals surface area (Å²) >= 11 is 0. The molecule has 148 valence electrons. The van der Waals surface area contributed by atoms with Crippen molar-refractivity contribution in [3.63, 3.8) is 0 Å². The van der Waals surface area contributed by atoms with E-state index >= 15 is 0 Å². The number of carbonyl (C=O) groups excluding carboxylic acids is 2. The van der Waals surface area contributed by atoms with Crippen molar-refractivity contribution < 1.29 is 23.1 Å². The summed E-state index contributed by atoms with van der Waals surface area (Å²) in [5.41, 5.74) is 0.365. The van der Waals surface area contributed by atoms with Crippen molar-refractivity contribution in [3.05, 3.63) is 59.7 Å². The van der Waals surface area contributed by atoms with Crippen molar-refractivity contribution in [3.8, 4) is 5.75 Å². The lowest BCUT2D eigenvalue weighted by Gasteiger charge is -2.34. The Morgan fingerprint density at radius 3 is 2.54 bits per heavy atom. The van der Waals surface area contributed by atoms with E-state index in [-0.39, 0.29) is 18.1 Å². The first kappa shape index (κ1) is 19.8. The van der Waals surface area contributed by atoms with E-state index in [4.69, 9.17) is 4.74 Å². The molecular weight excluding hydrogens is 368 g/mol. The van der Waals surface area contributed by atoms with Crippen molar-refractivity contribution in [1.82, 2.24) is 9.80 Å². The zero-order valence-electron chi connectivity index (χ0n) is 15.5. The molecule has 0 atom stereocenters. The average molecular weight is 389 g/mol. The summed E-state index contributed by atoms with van der Waals surface area (Å²) in [5.74, 6) is -1.22. The largest absolute Gasteiger partial charge is 0.497 e. The van der Waals surface area contributed by atoms with Gasteiger partial charge in [0, 0.05) is 37.8 Å². The highest BCUT2D eigenvalue weighted by atomic mass is 19.1. The third-order valence-corrected chi connectivity index (χ3v) is 4.55. The van der Waals surface area contributed by atoms with Gasteiger partial charge in [-0.2, -0.15) is 0 Å². The Labute approximate surface area is 161 Å². The second-order valence-corrected chi connectivity index (χ2v) is 6.47. The Morgan fingerprint density at radius 2 is 1.82 bits per heavy atom. The number of piperazine rings is 1. The lowest BCUT2D eigenvalue weighted by atomic mass is 10.1. The first-order valence-electron chi connectivity index (χ1n) is 8.87. The minimum atomic E-state index is -0.691. The number of hydrogen-bond donors (Lipinski definition) is 1. The maximum Gasteiger partial charge on any atom is 0.254 e. The fourth-order valence-electron chi connectivity index (χ4n) is 3.03. The molecule has 28 heavy (non-hydrogen) atoms. The number of anilines is 1. The number of methoxy groups -OCH3 is 1. The molecule has 0 radical (unpaired) electrons. The molecule has 3 rings (SSSR count). The van der Waals surface area contributed by atoms with Crippen LogP contribution in [0.15, 0.2) is 42.5 Å². The van der Waals surface area contributed by atoms with Crippen LogP contribution in [0, 0.1) is 11.6 Å². The van der Waals surface area contributed by atoms with Crippen LogP contribution in [0.25, 0.3) is 0 Å². The summed E-state index contributed by atoms with van der Waals surface area (Å²) in [5, 5.41) is 2.38. The summed E-state index contributed by atoms with van der Waals surface area (Å²) in [6, 6.07) is 9.86. The third kappa shape index (κ3) is 4.83. The Morgan fingerprint density at radius 1 is 1.07 bits per heavy atom. The van der Waals surface area contributed by atoms with Crippen LogP contribution in [0.3, 0.4) is 0 Å². The SMILES string of the molecule is COc1cccc(C(=O)N2CCN(CC(=O)Nc3cc(F)ccc3F)CC2)c1. The summed E-state index contributed by atoms with van der Waals surface area (Å²) in [6.45, 7) is 2.00. The molecule has 0 saturated carbocycles. The van der Waals surface area contributed by atoms with Crippen molar-refractivity contribution in [2.24, 2.45) is 0 Å². The molecule has 1 saturated heterocycles. The van der Waals surface area contributed by atoms with Gasteiger partial charge >= 0.3 is 0 Å². The van der Waals surface area contributed by atoms with Gasteiger partial charge in [-0.3, -0.25) is 14.5 Å². The molecule has 2 aromatic carbocycles. The van der Waals surface area contributed by atoms with E-state index in [1.165, 1.54) is 0 Å². The predicted molar refractivity (Wildman–Crippen MR) is 100 cm³/mol. The summed E-state index contributed by atoms with van der Waals surface area (Å²) in [7, 11) is 1.54. The zero-order chi connectivity index (χ0) is 20.1. The molecule has 1 N–H and O–H groups in total. The molecule has 0 aliphatic carbocycles. The summed E-state index contributed by atoms with van der Waals surface area (Å²) in [6.07, 6.45) is 0. The summed E-state index contributed by atoms with van der Waals surface area (Å²) < 4.78 is 31.9.